The lowest BCUT2D eigenvalue weighted by molar-refractivity contribution is -0.140. The third-order valence-corrected chi connectivity index (χ3v) is 4.72. The highest BCUT2D eigenvalue weighted by Crippen LogP contribution is 2.22. The number of carbonyl (C=O) groups excluding carboxylic acids is 1. The van der Waals surface area contributed by atoms with Crippen molar-refractivity contribution in [1.82, 2.24) is 4.90 Å². The summed E-state index contributed by atoms with van der Waals surface area (Å²) in [4.78, 5) is 14.7. The lowest BCUT2D eigenvalue weighted by Gasteiger charge is -2.30. The summed E-state index contributed by atoms with van der Waals surface area (Å²) in [6.07, 6.45) is 1.65. The number of hydrogen-bond acceptors (Lipinski definition) is 4. The summed E-state index contributed by atoms with van der Waals surface area (Å²) in [5.74, 6) is 1.25. The van der Waals surface area contributed by atoms with Gasteiger partial charge in [0.15, 0.2) is 0 Å². The Morgan fingerprint density at radius 3 is 2.33 bits per heavy atom. The monoisotopic (exact) mass is 385 g/mol. The zero-order chi connectivity index (χ0) is 19.1. The van der Waals surface area contributed by atoms with Crippen LogP contribution in [-0.2, 0) is 11.3 Å². The number of para-hydroxylation sites is 1. The smallest absolute Gasteiger partial charge is 0.314 e. The Morgan fingerprint density at radius 2 is 1.70 bits per heavy atom. The highest BCUT2D eigenvalue weighted by atomic mass is 35.5. The van der Waals surface area contributed by atoms with E-state index in [0.29, 0.717) is 17.4 Å². The molecule has 1 aliphatic rings. The topological polar surface area (TPSA) is 38.8 Å². The van der Waals surface area contributed by atoms with E-state index in [9.17, 15) is 4.79 Å². The summed E-state index contributed by atoms with van der Waals surface area (Å²) >= 11 is 5.71. The summed E-state index contributed by atoms with van der Waals surface area (Å²) in [5, 5.41) is 0.479. The van der Waals surface area contributed by atoms with Crippen LogP contribution in [0.1, 0.15) is 18.4 Å². The Kier molecular flexibility index (Phi) is 6.91. The molecule has 1 heterocycles. The zero-order valence-electron chi connectivity index (χ0n) is 15.3. The zero-order valence-corrected chi connectivity index (χ0v) is 16.0. The normalized spacial score (nSPS) is 15.3. The van der Waals surface area contributed by atoms with Gasteiger partial charge in [-0.15, -0.1) is 0 Å². The number of likely N-dealkylation sites (tertiary alicyclic amines) is 1. The van der Waals surface area contributed by atoms with Crippen molar-refractivity contribution in [2.75, 3.05) is 19.7 Å². The molecule has 0 saturated carbocycles. The maximum Gasteiger partial charge on any atom is 0.314 e. The SMILES string of the molecule is C=C(Cl)COc1ccc(CN2CCC(C(=O)Oc3ccccc3)CC2)cc1. The van der Waals surface area contributed by atoms with Crippen LogP contribution in [0.25, 0.3) is 0 Å². The van der Waals surface area contributed by atoms with Crippen molar-refractivity contribution in [3.63, 3.8) is 0 Å². The Labute approximate surface area is 165 Å². The van der Waals surface area contributed by atoms with Gasteiger partial charge in [-0.3, -0.25) is 9.69 Å². The standard InChI is InChI=1S/C22H24ClNO3/c1-17(23)16-26-20-9-7-18(8-10-20)15-24-13-11-19(12-14-24)22(25)27-21-5-3-2-4-6-21/h2-10,19H,1,11-16H2. The third-order valence-electron chi connectivity index (χ3n) is 4.61. The first-order valence-corrected chi connectivity index (χ1v) is 9.52. The molecule has 1 aliphatic heterocycles. The highest BCUT2D eigenvalue weighted by molar-refractivity contribution is 6.29. The summed E-state index contributed by atoms with van der Waals surface area (Å²) in [6.45, 7) is 6.56. The van der Waals surface area contributed by atoms with Crippen LogP contribution in [-0.4, -0.2) is 30.6 Å². The van der Waals surface area contributed by atoms with Gasteiger partial charge < -0.3 is 9.47 Å². The third kappa shape index (κ3) is 6.12. The van der Waals surface area contributed by atoms with Crippen molar-refractivity contribution in [1.29, 1.82) is 0 Å². The molecule has 4 nitrogen and oxygen atoms in total. The average Bonchev–Trinajstić information content (AvgIpc) is 2.69. The molecule has 0 unspecified atom stereocenters. The van der Waals surface area contributed by atoms with E-state index in [0.717, 1.165) is 38.2 Å². The summed E-state index contributed by atoms with van der Waals surface area (Å²) in [6, 6.07) is 17.3. The molecule has 142 valence electrons. The molecule has 2 aromatic rings. The van der Waals surface area contributed by atoms with Crippen LogP contribution in [0.2, 0.25) is 0 Å². The van der Waals surface area contributed by atoms with Crippen LogP contribution >= 0.6 is 11.6 Å². The Balaban J connectivity index is 1.44. The lowest BCUT2D eigenvalue weighted by Crippen LogP contribution is -2.37. The number of benzene rings is 2. The second-order valence-electron chi connectivity index (χ2n) is 6.73. The fraction of sp³-hybridized carbons (Fsp3) is 0.318. The maximum absolute atomic E-state index is 12.3. The Morgan fingerprint density at radius 1 is 1.04 bits per heavy atom. The van der Waals surface area contributed by atoms with Crippen molar-refractivity contribution in [2.24, 2.45) is 5.92 Å². The first kappa shape index (κ1) is 19.5. The van der Waals surface area contributed by atoms with Crippen LogP contribution in [0.5, 0.6) is 11.5 Å². The number of esters is 1. The van der Waals surface area contributed by atoms with Crippen molar-refractivity contribution >= 4 is 17.6 Å². The molecule has 0 radical (unpaired) electrons. The van der Waals surface area contributed by atoms with Gasteiger partial charge in [0.25, 0.3) is 0 Å². The number of carbonyl (C=O) groups is 1. The molecule has 5 heteroatoms. The van der Waals surface area contributed by atoms with Gasteiger partial charge >= 0.3 is 5.97 Å². The maximum atomic E-state index is 12.3. The number of hydrogen-bond donors (Lipinski definition) is 0. The number of rotatable bonds is 7. The molecular weight excluding hydrogens is 362 g/mol. The fourth-order valence-corrected chi connectivity index (χ4v) is 3.18. The lowest BCUT2D eigenvalue weighted by atomic mass is 9.96. The number of piperidine rings is 1. The van der Waals surface area contributed by atoms with Gasteiger partial charge in [-0.25, -0.2) is 0 Å². The van der Waals surface area contributed by atoms with Gasteiger partial charge in [0.1, 0.15) is 18.1 Å². The molecule has 1 saturated heterocycles. The van der Waals surface area contributed by atoms with Crippen LogP contribution in [0, 0.1) is 5.92 Å². The van der Waals surface area contributed by atoms with E-state index in [-0.39, 0.29) is 11.9 Å². The number of nitrogens with zero attached hydrogens (tertiary/aromatic N) is 1. The molecule has 0 aliphatic carbocycles. The van der Waals surface area contributed by atoms with Crippen molar-refractivity contribution < 1.29 is 14.3 Å². The predicted molar refractivity (Wildman–Crippen MR) is 107 cm³/mol. The molecule has 1 fully saturated rings. The van der Waals surface area contributed by atoms with Crippen LogP contribution in [0.4, 0.5) is 0 Å². The second-order valence-corrected chi connectivity index (χ2v) is 7.27. The summed E-state index contributed by atoms with van der Waals surface area (Å²) < 4.78 is 11.0. The Hall–Kier alpha value is -2.30. The van der Waals surface area contributed by atoms with E-state index < -0.39 is 0 Å². The van der Waals surface area contributed by atoms with Gasteiger partial charge in [0.2, 0.25) is 0 Å². The van der Waals surface area contributed by atoms with E-state index in [1.807, 2.05) is 42.5 Å². The first-order chi connectivity index (χ1) is 13.1. The first-order valence-electron chi connectivity index (χ1n) is 9.14. The molecule has 0 spiro atoms. The molecular formula is C22H24ClNO3. The van der Waals surface area contributed by atoms with Gasteiger partial charge in [-0.05, 0) is 55.8 Å². The summed E-state index contributed by atoms with van der Waals surface area (Å²) in [7, 11) is 0. The molecule has 0 bridgehead atoms. The molecule has 2 aromatic carbocycles. The van der Waals surface area contributed by atoms with Gasteiger partial charge in [-0.1, -0.05) is 48.5 Å². The van der Waals surface area contributed by atoms with E-state index in [4.69, 9.17) is 21.1 Å². The van der Waals surface area contributed by atoms with E-state index >= 15 is 0 Å². The Bertz CT molecular complexity index is 753. The van der Waals surface area contributed by atoms with Crippen LogP contribution < -0.4 is 9.47 Å². The van der Waals surface area contributed by atoms with Crippen molar-refractivity contribution in [2.45, 2.75) is 19.4 Å². The van der Waals surface area contributed by atoms with E-state index in [2.05, 4.69) is 23.6 Å². The van der Waals surface area contributed by atoms with Crippen LogP contribution in [0.15, 0.2) is 66.2 Å². The molecule has 0 N–H and O–H groups in total. The predicted octanol–water partition coefficient (Wildman–Crippen LogP) is 4.64. The van der Waals surface area contributed by atoms with E-state index in [1.165, 1.54) is 5.56 Å². The minimum atomic E-state index is -0.122. The average molecular weight is 386 g/mol. The van der Waals surface area contributed by atoms with Gasteiger partial charge in [0, 0.05) is 11.6 Å². The molecule has 0 aromatic heterocycles. The van der Waals surface area contributed by atoms with Crippen LogP contribution in [0.3, 0.4) is 0 Å². The second kappa shape index (κ2) is 9.58. The van der Waals surface area contributed by atoms with Crippen molar-refractivity contribution in [3.8, 4) is 11.5 Å². The molecule has 3 rings (SSSR count). The number of ether oxygens (including phenoxy) is 2. The quantitative estimate of drug-likeness (QED) is 0.514. The molecule has 0 amide bonds. The number of halogens is 1. The minimum Gasteiger partial charge on any atom is -0.488 e. The van der Waals surface area contributed by atoms with Crippen molar-refractivity contribution in [3.05, 3.63) is 71.8 Å². The van der Waals surface area contributed by atoms with Gasteiger partial charge in [-0.2, -0.15) is 0 Å². The van der Waals surface area contributed by atoms with Gasteiger partial charge in [0.05, 0.1) is 5.92 Å². The summed E-state index contributed by atoms with van der Waals surface area (Å²) in [5.41, 5.74) is 1.22. The highest BCUT2D eigenvalue weighted by Gasteiger charge is 2.26. The minimum absolute atomic E-state index is 0.0270. The molecule has 27 heavy (non-hydrogen) atoms. The van der Waals surface area contributed by atoms with E-state index in [1.54, 1.807) is 0 Å². The largest absolute Gasteiger partial charge is 0.488 e. The molecule has 0 atom stereocenters. The fourth-order valence-electron chi connectivity index (χ4n) is 3.13.